The van der Waals surface area contributed by atoms with Crippen molar-refractivity contribution in [2.75, 3.05) is 13.2 Å². The number of hydrogen-bond acceptors (Lipinski definition) is 3. The molecular formula is C20H23N3O2. The van der Waals surface area contributed by atoms with E-state index in [0.717, 1.165) is 34.6 Å². The first-order valence-electron chi connectivity index (χ1n) is 8.50. The molecule has 1 heterocycles. The Morgan fingerprint density at radius 3 is 2.88 bits per heavy atom. The summed E-state index contributed by atoms with van der Waals surface area (Å²) in [6.07, 6.45) is 1.41. The molecule has 3 rings (SSSR count). The number of nitrogens with one attached hydrogen (secondary N) is 1. The number of rotatable bonds is 8. The Balaban J connectivity index is 1.76. The lowest BCUT2D eigenvalue weighted by atomic mass is 10.1. The molecule has 25 heavy (non-hydrogen) atoms. The predicted molar refractivity (Wildman–Crippen MR) is 98.9 cm³/mol. The normalized spacial score (nSPS) is 10.8. The molecule has 0 saturated carbocycles. The van der Waals surface area contributed by atoms with Gasteiger partial charge in [0.05, 0.1) is 17.6 Å². The van der Waals surface area contributed by atoms with Gasteiger partial charge in [0.2, 0.25) is 6.41 Å². The lowest BCUT2D eigenvalue weighted by molar-refractivity contribution is -0.109. The van der Waals surface area contributed by atoms with Gasteiger partial charge in [-0.3, -0.25) is 4.79 Å². The van der Waals surface area contributed by atoms with E-state index < -0.39 is 0 Å². The van der Waals surface area contributed by atoms with E-state index in [-0.39, 0.29) is 0 Å². The summed E-state index contributed by atoms with van der Waals surface area (Å²) >= 11 is 0. The van der Waals surface area contributed by atoms with Crippen LogP contribution in [0.3, 0.4) is 0 Å². The Morgan fingerprint density at radius 2 is 2.04 bits per heavy atom. The van der Waals surface area contributed by atoms with Crippen molar-refractivity contribution in [2.45, 2.75) is 26.8 Å². The molecule has 0 aliphatic rings. The maximum absolute atomic E-state index is 10.5. The zero-order valence-electron chi connectivity index (χ0n) is 14.7. The number of amides is 1. The molecule has 0 bridgehead atoms. The minimum Gasteiger partial charge on any atom is -0.491 e. The van der Waals surface area contributed by atoms with Crippen LogP contribution in [-0.4, -0.2) is 29.1 Å². The van der Waals surface area contributed by atoms with Crippen molar-refractivity contribution in [3.8, 4) is 5.75 Å². The van der Waals surface area contributed by atoms with Gasteiger partial charge in [0.25, 0.3) is 0 Å². The number of benzene rings is 2. The smallest absolute Gasteiger partial charge is 0.207 e. The van der Waals surface area contributed by atoms with Crippen molar-refractivity contribution < 1.29 is 9.53 Å². The molecular weight excluding hydrogens is 314 g/mol. The summed E-state index contributed by atoms with van der Waals surface area (Å²) in [6, 6.07) is 14.3. The molecule has 0 saturated heterocycles. The van der Waals surface area contributed by atoms with Gasteiger partial charge in [-0.25, -0.2) is 4.98 Å². The number of aryl methyl sites for hydroxylation is 2. The summed E-state index contributed by atoms with van der Waals surface area (Å²) in [7, 11) is 0. The minimum atomic E-state index is 0.568. The van der Waals surface area contributed by atoms with Gasteiger partial charge in [0.15, 0.2) is 0 Å². The van der Waals surface area contributed by atoms with Crippen molar-refractivity contribution in [1.82, 2.24) is 14.9 Å². The van der Waals surface area contributed by atoms with Crippen LogP contribution in [0.25, 0.3) is 11.0 Å². The van der Waals surface area contributed by atoms with Crippen LogP contribution in [0.5, 0.6) is 5.75 Å². The fourth-order valence-corrected chi connectivity index (χ4v) is 2.92. The van der Waals surface area contributed by atoms with E-state index in [1.807, 2.05) is 18.2 Å². The first-order valence-corrected chi connectivity index (χ1v) is 8.50. The molecule has 1 aromatic heterocycles. The van der Waals surface area contributed by atoms with Crippen LogP contribution >= 0.6 is 0 Å². The summed E-state index contributed by atoms with van der Waals surface area (Å²) in [4.78, 5) is 15.2. The number of carbonyl (C=O) groups excluding carboxylic acids is 1. The minimum absolute atomic E-state index is 0.568. The van der Waals surface area contributed by atoms with Crippen LogP contribution < -0.4 is 10.1 Å². The zero-order chi connectivity index (χ0) is 17.6. The lowest BCUT2D eigenvalue weighted by Crippen LogP contribution is -2.18. The second-order valence-electron chi connectivity index (χ2n) is 6.11. The molecule has 3 aromatic rings. The molecule has 0 aliphatic heterocycles. The zero-order valence-corrected chi connectivity index (χ0v) is 14.7. The number of carbonyl (C=O) groups is 1. The standard InChI is InChI=1S/C20H23N3O2/c1-15-7-8-16(2)19(13-15)25-12-11-23-18-6-4-3-5-17(18)22-20(23)9-10-21-14-24/h3-8,13-14H,9-12H2,1-2H3,(H,21,24). The Labute approximate surface area is 147 Å². The number of nitrogens with zero attached hydrogens (tertiary/aromatic N) is 2. The maximum Gasteiger partial charge on any atom is 0.207 e. The molecule has 0 radical (unpaired) electrons. The quantitative estimate of drug-likeness (QED) is 0.508. The summed E-state index contributed by atoms with van der Waals surface area (Å²) in [5.74, 6) is 1.88. The Hall–Kier alpha value is -2.82. The van der Waals surface area contributed by atoms with Crippen LogP contribution in [0, 0.1) is 13.8 Å². The van der Waals surface area contributed by atoms with Crippen LogP contribution in [0.4, 0.5) is 0 Å². The molecule has 130 valence electrons. The van der Waals surface area contributed by atoms with E-state index in [0.29, 0.717) is 26.1 Å². The Kier molecular flexibility index (Phi) is 5.33. The number of fused-ring (bicyclic) bond motifs is 1. The molecule has 5 nitrogen and oxygen atoms in total. The van der Waals surface area contributed by atoms with Crippen LogP contribution in [0.2, 0.25) is 0 Å². The van der Waals surface area contributed by atoms with E-state index in [1.54, 1.807) is 0 Å². The predicted octanol–water partition coefficient (Wildman–Crippen LogP) is 3.02. The summed E-state index contributed by atoms with van der Waals surface area (Å²) in [5.41, 5.74) is 4.38. The van der Waals surface area contributed by atoms with Crippen LogP contribution in [0.1, 0.15) is 17.0 Å². The molecule has 0 atom stereocenters. The van der Waals surface area contributed by atoms with Gasteiger partial charge in [-0.1, -0.05) is 24.3 Å². The van der Waals surface area contributed by atoms with E-state index in [9.17, 15) is 4.79 Å². The van der Waals surface area contributed by atoms with Gasteiger partial charge in [-0.05, 0) is 43.2 Å². The number of imidazole rings is 1. The largest absolute Gasteiger partial charge is 0.491 e. The van der Waals surface area contributed by atoms with Crippen LogP contribution in [-0.2, 0) is 17.8 Å². The molecule has 1 amide bonds. The number of aromatic nitrogens is 2. The second kappa shape index (κ2) is 7.83. The molecule has 0 spiro atoms. The van der Waals surface area contributed by atoms with Gasteiger partial charge >= 0.3 is 0 Å². The fraction of sp³-hybridized carbons (Fsp3) is 0.300. The van der Waals surface area contributed by atoms with Gasteiger partial charge in [-0.15, -0.1) is 0 Å². The van der Waals surface area contributed by atoms with Gasteiger partial charge < -0.3 is 14.6 Å². The molecule has 2 aromatic carbocycles. The first kappa shape index (κ1) is 17.0. The van der Waals surface area contributed by atoms with E-state index >= 15 is 0 Å². The van der Waals surface area contributed by atoms with Crippen molar-refractivity contribution in [2.24, 2.45) is 0 Å². The number of para-hydroxylation sites is 2. The topological polar surface area (TPSA) is 56.1 Å². The molecule has 0 fully saturated rings. The SMILES string of the molecule is Cc1ccc(C)c(OCCn2c(CCNC=O)nc3ccccc32)c1. The highest BCUT2D eigenvalue weighted by Crippen LogP contribution is 2.20. The number of hydrogen-bond donors (Lipinski definition) is 1. The summed E-state index contributed by atoms with van der Waals surface area (Å²) < 4.78 is 8.17. The third-order valence-electron chi connectivity index (χ3n) is 4.23. The third-order valence-corrected chi connectivity index (χ3v) is 4.23. The van der Waals surface area contributed by atoms with Crippen molar-refractivity contribution in [1.29, 1.82) is 0 Å². The molecule has 0 aliphatic carbocycles. The monoisotopic (exact) mass is 337 g/mol. The lowest BCUT2D eigenvalue weighted by Gasteiger charge is -2.13. The summed E-state index contributed by atoms with van der Waals surface area (Å²) in [6.45, 7) is 5.97. The highest BCUT2D eigenvalue weighted by atomic mass is 16.5. The van der Waals surface area contributed by atoms with Crippen molar-refractivity contribution in [3.63, 3.8) is 0 Å². The maximum atomic E-state index is 10.5. The average Bonchev–Trinajstić information content (AvgIpc) is 2.96. The number of ether oxygens (including phenoxy) is 1. The van der Waals surface area contributed by atoms with E-state index in [4.69, 9.17) is 9.72 Å². The second-order valence-corrected chi connectivity index (χ2v) is 6.11. The van der Waals surface area contributed by atoms with Crippen LogP contribution in [0.15, 0.2) is 42.5 Å². The molecule has 5 heteroatoms. The Morgan fingerprint density at radius 1 is 1.20 bits per heavy atom. The van der Waals surface area contributed by atoms with Crippen molar-refractivity contribution >= 4 is 17.4 Å². The Bertz CT molecular complexity index is 871. The van der Waals surface area contributed by atoms with E-state index in [1.165, 1.54) is 5.56 Å². The first-order chi connectivity index (χ1) is 12.2. The van der Waals surface area contributed by atoms with Gasteiger partial charge in [-0.2, -0.15) is 0 Å². The highest BCUT2D eigenvalue weighted by molar-refractivity contribution is 5.75. The summed E-state index contributed by atoms with van der Waals surface area (Å²) in [5, 5.41) is 2.70. The highest BCUT2D eigenvalue weighted by Gasteiger charge is 2.10. The van der Waals surface area contributed by atoms with Gasteiger partial charge in [0, 0.05) is 13.0 Å². The molecule has 0 unspecified atom stereocenters. The average molecular weight is 337 g/mol. The van der Waals surface area contributed by atoms with E-state index in [2.05, 4.69) is 48.0 Å². The fourth-order valence-electron chi connectivity index (χ4n) is 2.92. The van der Waals surface area contributed by atoms with Crippen molar-refractivity contribution in [3.05, 3.63) is 59.4 Å². The third kappa shape index (κ3) is 3.99. The molecule has 1 N–H and O–H groups in total. The van der Waals surface area contributed by atoms with Gasteiger partial charge in [0.1, 0.15) is 18.2 Å².